The maximum Gasteiger partial charge on any atom is 0.122 e. The number of halogens is 1. The highest BCUT2D eigenvalue weighted by molar-refractivity contribution is 5.37. The normalized spacial score (nSPS) is 27.2. The Balaban J connectivity index is 2.49. The Morgan fingerprint density at radius 3 is 2.92 bits per heavy atom. The molecule has 1 aromatic rings. The van der Waals surface area contributed by atoms with E-state index in [1.165, 1.54) is 0 Å². The van der Waals surface area contributed by atoms with E-state index in [0.717, 1.165) is 17.5 Å². The highest BCUT2D eigenvalue weighted by atomic mass is 19.1. The largest absolute Gasteiger partial charge is 0.382 e. The molecule has 0 saturated heterocycles. The van der Waals surface area contributed by atoms with Gasteiger partial charge in [-0.25, -0.2) is 4.39 Å². The van der Waals surface area contributed by atoms with E-state index in [4.69, 9.17) is 0 Å². The van der Waals surface area contributed by atoms with Gasteiger partial charge in [0.25, 0.3) is 0 Å². The minimum atomic E-state index is -1.20. The number of aryl methyl sites for hydroxylation is 1. The second-order valence-electron chi connectivity index (χ2n) is 3.32. The van der Waals surface area contributed by atoms with E-state index >= 15 is 0 Å². The molecule has 0 aromatic heterocycles. The molecule has 0 heterocycles. The Morgan fingerprint density at radius 1 is 1.42 bits per heavy atom. The third kappa shape index (κ3) is 0.950. The maximum absolute atomic E-state index is 12.5. The molecule has 0 spiro atoms. The number of benzene rings is 1. The topological polar surface area (TPSA) is 20.2 Å². The van der Waals surface area contributed by atoms with Crippen LogP contribution in [0.5, 0.6) is 0 Å². The molecule has 0 amide bonds. The minimum Gasteiger partial charge on any atom is -0.382 e. The van der Waals surface area contributed by atoms with Gasteiger partial charge in [-0.1, -0.05) is 24.3 Å². The van der Waals surface area contributed by atoms with Gasteiger partial charge in [-0.3, -0.25) is 0 Å². The van der Waals surface area contributed by atoms with Crippen molar-refractivity contribution in [2.45, 2.75) is 18.4 Å². The van der Waals surface area contributed by atoms with Gasteiger partial charge in [0.2, 0.25) is 0 Å². The molecular formula is C10H11FO. The molecule has 0 bridgehead atoms. The second-order valence-corrected chi connectivity index (χ2v) is 3.32. The van der Waals surface area contributed by atoms with Gasteiger partial charge < -0.3 is 5.11 Å². The van der Waals surface area contributed by atoms with Crippen molar-refractivity contribution in [1.29, 1.82) is 0 Å². The fourth-order valence-electron chi connectivity index (χ4n) is 1.81. The Bertz CT molecular complexity index is 298. The fraction of sp³-hybridized carbons (Fsp3) is 0.400. The number of alkyl halides is 1. The summed E-state index contributed by atoms with van der Waals surface area (Å²) in [4.78, 5) is 0. The zero-order chi connectivity index (χ0) is 8.60. The smallest absolute Gasteiger partial charge is 0.122 e. The number of rotatable bonds is 1. The minimum absolute atomic E-state index is 0.517. The lowest BCUT2D eigenvalue weighted by molar-refractivity contribution is 0.0130. The molecule has 0 radical (unpaired) electrons. The summed E-state index contributed by atoms with van der Waals surface area (Å²) >= 11 is 0. The van der Waals surface area contributed by atoms with E-state index in [1.54, 1.807) is 0 Å². The molecule has 1 N–H and O–H groups in total. The van der Waals surface area contributed by atoms with Gasteiger partial charge in [0.15, 0.2) is 0 Å². The van der Waals surface area contributed by atoms with Crippen LogP contribution in [-0.4, -0.2) is 11.8 Å². The quantitative estimate of drug-likeness (QED) is 0.674. The van der Waals surface area contributed by atoms with Crippen LogP contribution < -0.4 is 0 Å². The molecule has 1 aliphatic rings. The number of fused-ring (bicyclic) bond motifs is 1. The van der Waals surface area contributed by atoms with E-state index in [2.05, 4.69) is 0 Å². The molecule has 2 heteroatoms. The monoisotopic (exact) mass is 166 g/mol. The van der Waals surface area contributed by atoms with Gasteiger partial charge in [0.05, 0.1) is 0 Å². The maximum atomic E-state index is 12.5. The van der Waals surface area contributed by atoms with Crippen LogP contribution in [0.3, 0.4) is 0 Å². The average molecular weight is 166 g/mol. The molecule has 0 fully saturated rings. The first-order valence-electron chi connectivity index (χ1n) is 4.13. The molecule has 0 aliphatic heterocycles. The van der Waals surface area contributed by atoms with Crippen molar-refractivity contribution >= 4 is 0 Å². The standard InChI is InChI=1S/C10H11FO/c11-7-10(12)6-5-8-3-1-2-4-9(8)10/h1-4,12H,5-7H2. The summed E-state index contributed by atoms with van der Waals surface area (Å²) in [6.45, 7) is -0.677. The second kappa shape index (κ2) is 2.56. The van der Waals surface area contributed by atoms with E-state index in [-0.39, 0.29) is 0 Å². The van der Waals surface area contributed by atoms with Gasteiger partial charge in [-0.15, -0.1) is 0 Å². The van der Waals surface area contributed by atoms with Crippen molar-refractivity contribution in [3.8, 4) is 0 Å². The van der Waals surface area contributed by atoms with Crippen molar-refractivity contribution in [1.82, 2.24) is 0 Å². The summed E-state index contributed by atoms with van der Waals surface area (Å²) in [6, 6.07) is 7.51. The van der Waals surface area contributed by atoms with Crippen LogP contribution in [-0.2, 0) is 12.0 Å². The fourth-order valence-corrected chi connectivity index (χ4v) is 1.81. The van der Waals surface area contributed by atoms with Gasteiger partial charge in [-0.05, 0) is 24.0 Å². The number of hydrogen-bond donors (Lipinski definition) is 1. The van der Waals surface area contributed by atoms with Crippen molar-refractivity contribution in [3.63, 3.8) is 0 Å². The Labute approximate surface area is 70.8 Å². The molecular weight excluding hydrogens is 155 g/mol. The van der Waals surface area contributed by atoms with Crippen LogP contribution in [0.1, 0.15) is 17.5 Å². The lowest BCUT2D eigenvalue weighted by Gasteiger charge is -2.19. The first-order valence-corrected chi connectivity index (χ1v) is 4.13. The highest BCUT2D eigenvalue weighted by Crippen LogP contribution is 2.36. The van der Waals surface area contributed by atoms with Crippen LogP contribution in [0.4, 0.5) is 4.39 Å². The average Bonchev–Trinajstić information content (AvgIpc) is 2.46. The molecule has 1 unspecified atom stereocenters. The molecule has 0 saturated carbocycles. The number of aliphatic hydroxyl groups is 1. The van der Waals surface area contributed by atoms with E-state index in [9.17, 15) is 9.50 Å². The SMILES string of the molecule is OC1(CF)CCc2ccccc21. The Morgan fingerprint density at radius 2 is 2.17 bits per heavy atom. The van der Waals surface area contributed by atoms with Crippen molar-refractivity contribution in [3.05, 3.63) is 35.4 Å². The van der Waals surface area contributed by atoms with Crippen molar-refractivity contribution in [2.75, 3.05) is 6.67 Å². The summed E-state index contributed by atoms with van der Waals surface area (Å²) in [5.74, 6) is 0. The van der Waals surface area contributed by atoms with Gasteiger partial charge in [-0.2, -0.15) is 0 Å². The van der Waals surface area contributed by atoms with E-state index in [0.29, 0.717) is 6.42 Å². The lowest BCUT2D eigenvalue weighted by Crippen LogP contribution is -2.24. The predicted molar refractivity (Wildman–Crippen MR) is 44.6 cm³/mol. The van der Waals surface area contributed by atoms with Crippen molar-refractivity contribution in [2.24, 2.45) is 0 Å². The zero-order valence-corrected chi connectivity index (χ0v) is 6.76. The first kappa shape index (κ1) is 7.74. The predicted octanol–water partition coefficient (Wildman–Crippen LogP) is 1.79. The molecule has 1 nitrogen and oxygen atoms in total. The van der Waals surface area contributed by atoms with Crippen molar-refractivity contribution < 1.29 is 9.50 Å². The van der Waals surface area contributed by atoms with Gasteiger partial charge in [0.1, 0.15) is 12.3 Å². The molecule has 2 rings (SSSR count). The summed E-state index contributed by atoms with van der Waals surface area (Å²) in [5, 5.41) is 9.78. The molecule has 64 valence electrons. The Hall–Kier alpha value is -0.890. The summed E-state index contributed by atoms with van der Waals surface area (Å²) in [7, 11) is 0. The summed E-state index contributed by atoms with van der Waals surface area (Å²) in [6.07, 6.45) is 1.31. The van der Waals surface area contributed by atoms with Gasteiger partial charge >= 0.3 is 0 Å². The van der Waals surface area contributed by atoms with Gasteiger partial charge in [0, 0.05) is 0 Å². The Kier molecular flexibility index (Phi) is 1.65. The van der Waals surface area contributed by atoms with E-state index in [1.807, 2.05) is 24.3 Å². The molecule has 1 atom stereocenters. The first-order chi connectivity index (χ1) is 5.76. The molecule has 1 aliphatic carbocycles. The van der Waals surface area contributed by atoms with Crippen LogP contribution in [0.25, 0.3) is 0 Å². The summed E-state index contributed by atoms with van der Waals surface area (Å²) < 4.78 is 12.5. The number of hydrogen-bond acceptors (Lipinski definition) is 1. The molecule has 1 aromatic carbocycles. The summed E-state index contributed by atoms with van der Waals surface area (Å²) in [5.41, 5.74) is 0.654. The van der Waals surface area contributed by atoms with Crippen LogP contribution in [0.2, 0.25) is 0 Å². The van der Waals surface area contributed by atoms with Crippen LogP contribution in [0, 0.1) is 0 Å². The third-order valence-electron chi connectivity index (χ3n) is 2.55. The van der Waals surface area contributed by atoms with E-state index < -0.39 is 12.3 Å². The lowest BCUT2D eigenvalue weighted by atomic mass is 9.98. The molecule has 12 heavy (non-hydrogen) atoms. The third-order valence-corrected chi connectivity index (χ3v) is 2.55. The van der Waals surface area contributed by atoms with Crippen LogP contribution >= 0.6 is 0 Å². The zero-order valence-electron chi connectivity index (χ0n) is 6.76. The highest BCUT2D eigenvalue weighted by Gasteiger charge is 2.36. The van der Waals surface area contributed by atoms with Crippen LogP contribution in [0.15, 0.2) is 24.3 Å².